The summed E-state index contributed by atoms with van der Waals surface area (Å²) in [5.74, 6) is 1.00. The maximum absolute atomic E-state index is 13.2. The molecule has 6 nitrogen and oxygen atoms in total. The molecule has 1 aliphatic carbocycles. The first-order chi connectivity index (χ1) is 12.8. The van der Waals surface area contributed by atoms with E-state index in [1.807, 2.05) is 4.90 Å². The van der Waals surface area contributed by atoms with Crippen LogP contribution in [0.3, 0.4) is 0 Å². The molecule has 150 valence electrons. The van der Waals surface area contributed by atoms with Crippen molar-refractivity contribution in [2.75, 3.05) is 33.3 Å². The Hall–Kier alpha value is -1.60. The third kappa shape index (κ3) is 4.14. The molecule has 3 rings (SSSR count). The molecule has 0 atom stereocenters. The van der Waals surface area contributed by atoms with E-state index in [2.05, 4.69) is 0 Å². The summed E-state index contributed by atoms with van der Waals surface area (Å²) in [5.41, 5.74) is 1.38. The number of hydrogen-bond acceptors (Lipinski definition) is 4. The highest BCUT2D eigenvalue weighted by Gasteiger charge is 2.34. The molecule has 2 aliphatic rings. The van der Waals surface area contributed by atoms with Gasteiger partial charge in [-0.1, -0.05) is 19.3 Å². The van der Waals surface area contributed by atoms with Gasteiger partial charge < -0.3 is 9.64 Å². The second kappa shape index (κ2) is 8.19. The van der Waals surface area contributed by atoms with E-state index < -0.39 is 10.0 Å². The largest absolute Gasteiger partial charge is 0.497 e. The number of methoxy groups -OCH3 is 1. The van der Waals surface area contributed by atoms with E-state index in [0.717, 1.165) is 25.7 Å². The van der Waals surface area contributed by atoms with Crippen molar-refractivity contribution in [3.05, 3.63) is 23.3 Å². The highest BCUT2D eigenvalue weighted by atomic mass is 32.2. The number of amides is 1. The Bertz CT molecular complexity index is 769. The molecule has 1 aliphatic heterocycles. The zero-order valence-electron chi connectivity index (χ0n) is 16.5. The van der Waals surface area contributed by atoms with Crippen molar-refractivity contribution in [3.63, 3.8) is 0 Å². The standard InChI is InChI=1S/C20H30N2O4S/c1-15-13-18(26-3)14-16(2)19(15)27(24,25)22-11-9-21(10-12-22)20(23)17-7-5-4-6-8-17/h13-14,17H,4-12H2,1-3H3. The van der Waals surface area contributed by atoms with E-state index in [0.29, 0.717) is 48.0 Å². The second-order valence-electron chi connectivity index (χ2n) is 7.65. The summed E-state index contributed by atoms with van der Waals surface area (Å²) < 4.78 is 33.1. The minimum Gasteiger partial charge on any atom is -0.497 e. The molecule has 0 aromatic heterocycles. The molecule has 1 saturated carbocycles. The third-order valence-corrected chi connectivity index (χ3v) is 7.98. The van der Waals surface area contributed by atoms with Crippen molar-refractivity contribution in [3.8, 4) is 5.75 Å². The van der Waals surface area contributed by atoms with Crippen LogP contribution in [0.2, 0.25) is 0 Å². The minimum atomic E-state index is -3.58. The van der Waals surface area contributed by atoms with Crippen LogP contribution in [0.25, 0.3) is 0 Å². The summed E-state index contributed by atoms with van der Waals surface area (Å²) in [6.07, 6.45) is 5.42. The van der Waals surface area contributed by atoms with Crippen LogP contribution in [-0.4, -0.2) is 56.8 Å². The average molecular weight is 395 g/mol. The number of sulfonamides is 1. The molecule has 1 amide bonds. The van der Waals surface area contributed by atoms with Crippen molar-refractivity contribution < 1.29 is 17.9 Å². The van der Waals surface area contributed by atoms with Gasteiger partial charge in [0.05, 0.1) is 12.0 Å². The topological polar surface area (TPSA) is 66.9 Å². The van der Waals surface area contributed by atoms with Gasteiger partial charge in [0.25, 0.3) is 0 Å². The van der Waals surface area contributed by atoms with Crippen molar-refractivity contribution in [1.82, 2.24) is 9.21 Å². The van der Waals surface area contributed by atoms with Crippen LogP contribution in [0.15, 0.2) is 17.0 Å². The summed E-state index contributed by atoms with van der Waals surface area (Å²) in [4.78, 5) is 14.9. The first kappa shape index (κ1) is 20.1. The van der Waals surface area contributed by atoms with Gasteiger partial charge in [-0.2, -0.15) is 4.31 Å². The molecule has 1 aromatic carbocycles. The zero-order chi connectivity index (χ0) is 19.6. The second-order valence-corrected chi connectivity index (χ2v) is 9.53. The van der Waals surface area contributed by atoms with Crippen LogP contribution in [0.5, 0.6) is 5.75 Å². The van der Waals surface area contributed by atoms with Crippen LogP contribution < -0.4 is 4.74 Å². The predicted octanol–water partition coefficient (Wildman–Crippen LogP) is 2.73. The lowest BCUT2D eigenvalue weighted by molar-refractivity contribution is -0.137. The summed E-state index contributed by atoms with van der Waals surface area (Å²) >= 11 is 0. The van der Waals surface area contributed by atoms with Crippen LogP contribution in [-0.2, 0) is 14.8 Å². The number of benzene rings is 1. The summed E-state index contributed by atoms with van der Waals surface area (Å²) in [6.45, 7) is 5.25. The van der Waals surface area contributed by atoms with Crippen molar-refractivity contribution >= 4 is 15.9 Å². The lowest BCUT2D eigenvalue weighted by atomic mass is 9.88. The number of nitrogens with zero attached hydrogens (tertiary/aromatic N) is 2. The van der Waals surface area contributed by atoms with E-state index in [1.165, 1.54) is 10.7 Å². The fraction of sp³-hybridized carbons (Fsp3) is 0.650. The molecule has 1 saturated heterocycles. The van der Waals surface area contributed by atoms with E-state index in [4.69, 9.17) is 4.74 Å². The van der Waals surface area contributed by atoms with Gasteiger partial charge in [-0.3, -0.25) is 4.79 Å². The smallest absolute Gasteiger partial charge is 0.243 e. The number of rotatable bonds is 4. The van der Waals surface area contributed by atoms with Gasteiger partial charge in [0.2, 0.25) is 15.9 Å². The first-order valence-electron chi connectivity index (χ1n) is 9.78. The van der Waals surface area contributed by atoms with Crippen LogP contribution in [0.4, 0.5) is 0 Å². The Balaban J connectivity index is 1.71. The van der Waals surface area contributed by atoms with Gasteiger partial charge in [0.1, 0.15) is 5.75 Å². The number of carbonyl (C=O) groups is 1. The fourth-order valence-corrected chi connectivity index (χ4v) is 6.15. The lowest BCUT2D eigenvalue weighted by Crippen LogP contribution is -2.52. The maximum atomic E-state index is 13.2. The number of aryl methyl sites for hydroxylation is 2. The van der Waals surface area contributed by atoms with Gasteiger partial charge in [0.15, 0.2) is 0 Å². The molecule has 0 spiro atoms. The molecule has 2 fully saturated rings. The molecule has 0 N–H and O–H groups in total. The van der Waals surface area contributed by atoms with Gasteiger partial charge in [-0.05, 0) is 49.9 Å². The molecule has 0 bridgehead atoms. The molecular formula is C20H30N2O4S. The molecule has 0 unspecified atom stereocenters. The fourth-order valence-electron chi connectivity index (χ4n) is 4.32. The SMILES string of the molecule is COc1cc(C)c(S(=O)(=O)N2CCN(C(=O)C3CCCCC3)CC2)c(C)c1. The van der Waals surface area contributed by atoms with Gasteiger partial charge in [-0.15, -0.1) is 0 Å². The molecular weight excluding hydrogens is 364 g/mol. The highest BCUT2D eigenvalue weighted by molar-refractivity contribution is 7.89. The van der Waals surface area contributed by atoms with Gasteiger partial charge >= 0.3 is 0 Å². The number of ether oxygens (including phenoxy) is 1. The molecule has 1 aromatic rings. The Morgan fingerprint density at radius 2 is 1.56 bits per heavy atom. The molecule has 27 heavy (non-hydrogen) atoms. The maximum Gasteiger partial charge on any atom is 0.243 e. The van der Waals surface area contributed by atoms with Gasteiger partial charge in [-0.25, -0.2) is 8.42 Å². The first-order valence-corrected chi connectivity index (χ1v) is 11.2. The third-order valence-electron chi connectivity index (χ3n) is 5.77. The van der Waals surface area contributed by atoms with Crippen molar-refractivity contribution in [1.29, 1.82) is 0 Å². The predicted molar refractivity (Wildman–Crippen MR) is 104 cm³/mol. The molecule has 1 heterocycles. The Morgan fingerprint density at radius 1 is 1.00 bits per heavy atom. The highest BCUT2D eigenvalue weighted by Crippen LogP contribution is 2.30. The summed E-state index contributed by atoms with van der Waals surface area (Å²) in [7, 11) is -2.01. The van der Waals surface area contributed by atoms with E-state index in [-0.39, 0.29) is 11.8 Å². The Kier molecular flexibility index (Phi) is 6.11. The lowest BCUT2D eigenvalue weighted by Gasteiger charge is -2.36. The quantitative estimate of drug-likeness (QED) is 0.788. The normalized spacial score (nSPS) is 19.9. The molecule has 7 heteroatoms. The number of carbonyl (C=O) groups excluding carboxylic acids is 1. The van der Waals surface area contributed by atoms with Crippen LogP contribution in [0, 0.1) is 19.8 Å². The minimum absolute atomic E-state index is 0.132. The van der Waals surface area contributed by atoms with Crippen molar-refractivity contribution in [2.45, 2.75) is 50.8 Å². The Labute approximate surface area is 162 Å². The monoisotopic (exact) mass is 394 g/mol. The summed E-state index contributed by atoms with van der Waals surface area (Å²) in [6, 6.07) is 3.51. The van der Waals surface area contributed by atoms with Crippen LogP contribution in [0.1, 0.15) is 43.2 Å². The van der Waals surface area contributed by atoms with E-state index in [1.54, 1.807) is 33.1 Å². The number of hydrogen-bond donors (Lipinski definition) is 0. The average Bonchev–Trinajstić information content (AvgIpc) is 2.67. The van der Waals surface area contributed by atoms with Gasteiger partial charge in [0, 0.05) is 32.1 Å². The van der Waals surface area contributed by atoms with E-state index >= 15 is 0 Å². The van der Waals surface area contributed by atoms with Crippen molar-refractivity contribution in [2.24, 2.45) is 5.92 Å². The summed E-state index contributed by atoms with van der Waals surface area (Å²) in [5, 5.41) is 0. The number of piperazine rings is 1. The van der Waals surface area contributed by atoms with E-state index in [9.17, 15) is 13.2 Å². The van der Waals surface area contributed by atoms with Crippen LogP contribution >= 0.6 is 0 Å². The zero-order valence-corrected chi connectivity index (χ0v) is 17.3. The molecule has 0 radical (unpaired) electrons. The Morgan fingerprint density at radius 3 is 2.07 bits per heavy atom.